The number of aliphatic hydroxyl groups is 1. The second kappa shape index (κ2) is 7.00. The van der Waals surface area contributed by atoms with Gasteiger partial charge >= 0.3 is 6.03 Å². The molecule has 0 radical (unpaired) electrons. The van der Waals surface area contributed by atoms with Gasteiger partial charge in [-0.3, -0.25) is 0 Å². The van der Waals surface area contributed by atoms with Crippen molar-refractivity contribution in [1.82, 2.24) is 10.6 Å². The van der Waals surface area contributed by atoms with Crippen LogP contribution in [0.1, 0.15) is 18.2 Å². The molecule has 0 fully saturated rings. The normalized spacial score (nSPS) is 13.2. The van der Waals surface area contributed by atoms with E-state index in [1.54, 1.807) is 26.2 Å². The second-order valence-corrected chi connectivity index (χ2v) is 5.14. The van der Waals surface area contributed by atoms with Crippen molar-refractivity contribution in [2.24, 2.45) is 0 Å². The van der Waals surface area contributed by atoms with E-state index in [0.29, 0.717) is 12.3 Å². The van der Waals surface area contributed by atoms with Crippen LogP contribution in [0, 0.1) is 0 Å². The molecule has 6 heteroatoms. The highest BCUT2D eigenvalue weighted by Gasteiger charge is 2.26. The smallest absolute Gasteiger partial charge is 0.315 e. The quantitative estimate of drug-likeness (QED) is 0.762. The highest BCUT2D eigenvalue weighted by atomic mass is 16.5. The molecule has 2 amide bonds. The van der Waals surface area contributed by atoms with Crippen molar-refractivity contribution in [3.05, 3.63) is 54.0 Å². The van der Waals surface area contributed by atoms with Gasteiger partial charge in [0.05, 0.1) is 19.9 Å². The summed E-state index contributed by atoms with van der Waals surface area (Å²) in [5.41, 5.74) is -0.330. The van der Waals surface area contributed by atoms with Gasteiger partial charge < -0.3 is 24.9 Å². The standard InChI is InChI=1S/C16H20N2O4/c1-16(20,14-7-4-8-22-14)11-18-15(19)17-10-12-5-3-6-13(9-12)21-2/h3-9,20H,10-11H2,1-2H3,(H2,17,18,19). The van der Waals surface area contributed by atoms with E-state index in [9.17, 15) is 9.90 Å². The fourth-order valence-corrected chi connectivity index (χ4v) is 1.95. The molecule has 1 atom stereocenters. The zero-order valence-electron chi connectivity index (χ0n) is 12.6. The molecule has 1 aromatic carbocycles. The molecular formula is C16H20N2O4. The number of rotatable bonds is 6. The van der Waals surface area contributed by atoms with Crippen LogP contribution >= 0.6 is 0 Å². The van der Waals surface area contributed by atoms with Crippen molar-refractivity contribution in [1.29, 1.82) is 0 Å². The first-order valence-corrected chi connectivity index (χ1v) is 6.92. The lowest BCUT2D eigenvalue weighted by atomic mass is 10.0. The fraction of sp³-hybridized carbons (Fsp3) is 0.312. The van der Waals surface area contributed by atoms with E-state index in [1.807, 2.05) is 24.3 Å². The zero-order valence-corrected chi connectivity index (χ0v) is 12.6. The summed E-state index contributed by atoms with van der Waals surface area (Å²) in [5.74, 6) is 1.14. The number of furan rings is 1. The zero-order chi connectivity index (χ0) is 16.0. The molecule has 2 aromatic rings. The summed E-state index contributed by atoms with van der Waals surface area (Å²) in [6.45, 7) is 1.99. The van der Waals surface area contributed by atoms with Gasteiger partial charge in [0.1, 0.15) is 17.1 Å². The third kappa shape index (κ3) is 4.26. The van der Waals surface area contributed by atoms with Crippen LogP contribution in [0.2, 0.25) is 0 Å². The summed E-state index contributed by atoms with van der Waals surface area (Å²) >= 11 is 0. The molecule has 0 aliphatic heterocycles. The Balaban J connectivity index is 1.80. The van der Waals surface area contributed by atoms with E-state index >= 15 is 0 Å². The molecule has 0 saturated heterocycles. The number of nitrogens with one attached hydrogen (secondary N) is 2. The first-order valence-electron chi connectivity index (χ1n) is 6.92. The van der Waals surface area contributed by atoms with Gasteiger partial charge in [0.2, 0.25) is 0 Å². The Morgan fingerprint density at radius 3 is 2.82 bits per heavy atom. The van der Waals surface area contributed by atoms with Gasteiger partial charge in [0.15, 0.2) is 0 Å². The maximum Gasteiger partial charge on any atom is 0.315 e. The number of urea groups is 1. The number of carbonyl (C=O) groups excluding carboxylic acids is 1. The van der Waals surface area contributed by atoms with Gasteiger partial charge in [-0.15, -0.1) is 0 Å². The predicted molar refractivity (Wildman–Crippen MR) is 81.5 cm³/mol. The van der Waals surface area contributed by atoms with Crippen LogP contribution in [0.3, 0.4) is 0 Å². The number of carbonyl (C=O) groups is 1. The molecule has 0 spiro atoms. The lowest BCUT2D eigenvalue weighted by Crippen LogP contribution is -2.43. The third-order valence-corrected chi connectivity index (χ3v) is 3.23. The van der Waals surface area contributed by atoms with Gasteiger partial charge in [0.25, 0.3) is 0 Å². The SMILES string of the molecule is COc1cccc(CNC(=O)NCC(C)(O)c2ccco2)c1. The Kier molecular flexibility index (Phi) is 5.06. The van der Waals surface area contributed by atoms with Crippen LogP contribution in [0.15, 0.2) is 47.1 Å². The van der Waals surface area contributed by atoms with Gasteiger partial charge in [-0.1, -0.05) is 12.1 Å². The maximum atomic E-state index is 11.8. The molecule has 3 N–H and O–H groups in total. The largest absolute Gasteiger partial charge is 0.497 e. The molecule has 0 aliphatic rings. The van der Waals surface area contributed by atoms with Crippen LogP contribution in [-0.4, -0.2) is 24.8 Å². The molecular weight excluding hydrogens is 284 g/mol. The fourth-order valence-electron chi connectivity index (χ4n) is 1.95. The van der Waals surface area contributed by atoms with E-state index in [2.05, 4.69) is 10.6 Å². The highest BCUT2D eigenvalue weighted by Crippen LogP contribution is 2.19. The Morgan fingerprint density at radius 2 is 2.14 bits per heavy atom. The monoisotopic (exact) mass is 304 g/mol. The van der Waals surface area contributed by atoms with Crippen LogP contribution < -0.4 is 15.4 Å². The number of methoxy groups -OCH3 is 1. The number of hydrogen-bond acceptors (Lipinski definition) is 4. The average Bonchev–Trinajstić information content (AvgIpc) is 3.06. The van der Waals surface area contributed by atoms with Crippen LogP contribution in [0.4, 0.5) is 4.79 Å². The molecule has 6 nitrogen and oxygen atoms in total. The lowest BCUT2D eigenvalue weighted by Gasteiger charge is -2.21. The highest BCUT2D eigenvalue weighted by molar-refractivity contribution is 5.73. The van der Waals surface area contributed by atoms with Crippen molar-refractivity contribution in [3.63, 3.8) is 0 Å². The van der Waals surface area contributed by atoms with Crippen molar-refractivity contribution >= 4 is 6.03 Å². The van der Waals surface area contributed by atoms with Crippen LogP contribution in [0.25, 0.3) is 0 Å². The Hall–Kier alpha value is -2.47. The van der Waals surface area contributed by atoms with Gasteiger partial charge in [0, 0.05) is 6.54 Å². The van der Waals surface area contributed by atoms with Crippen LogP contribution in [-0.2, 0) is 12.1 Å². The number of benzene rings is 1. The van der Waals surface area contributed by atoms with Crippen molar-refractivity contribution < 1.29 is 19.1 Å². The Bertz CT molecular complexity index is 608. The molecule has 1 aromatic heterocycles. The first kappa shape index (κ1) is 15.9. The molecule has 0 bridgehead atoms. The van der Waals surface area contributed by atoms with E-state index in [0.717, 1.165) is 11.3 Å². The van der Waals surface area contributed by atoms with Gasteiger partial charge in [-0.2, -0.15) is 0 Å². The molecule has 2 rings (SSSR count). The third-order valence-electron chi connectivity index (χ3n) is 3.23. The average molecular weight is 304 g/mol. The summed E-state index contributed by atoms with van der Waals surface area (Å²) in [6, 6.07) is 10.4. The number of hydrogen-bond donors (Lipinski definition) is 3. The minimum absolute atomic E-state index is 0.0461. The topological polar surface area (TPSA) is 83.7 Å². The van der Waals surface area contributed by atoms with E-state index < -0.39 is 5.60 Å². The number of ether oxygens (including phenoxy) is 1. The van der Waals surface area contributed by atoms with Crippen molar-refractivity contribution in [2.75, 3.05) is 13.7 Å². The van der Waals surface area contributed by atoms with E-state index in [-0.39, 0.29) is 12.6 Å². The van der Waals surface area contributed by atoms with Gasteiger partial charge in [-0.05, 0) is 36.8 Å². The second-order valence-electron chi connectivity index (χ2n) is 5.14. The molecule has 22 heavy (non-hydrogen) atoms. The summed E-state index contributed by atoms with van der Waals surface area (Å²) in [6.07, 6.45) is 1.48. The maximum absolute atomic E-state index is 11.8. The van der Waals surface area contributed by atoms with Gasteiger partial charge in [-0.25, -0.2) is 4.79 Å². The number of amides is 2. The summed E-state index contributed by atoms with van der Waals surface area (Å²) in [7, 11) is 1.59. The minimum Gasteiger partial charge on any atom is -0.497 e. The Morgan fingerprint density at radius 1 is 1.32 bits per heavy atom. The van der Waals surface area contributed by atoms with Crippen LogP contribution in [0.5, 0.6) is 5.75 Å². The van der Waals surface area contributed by atoms with E-state index in [4.69, 9.17) is 9.15 Å². The first-order chi connectivity index (χ1) is 10.5. The lowest BCUT2D eigenvalue weighted by molar-refractivity contribution is 0.0367. The summed E-state index contributed by atoms with van der Waals surface area (Å²) in [4.78, 5) is 11.8. The summed E-state index contributed by atoms with van der Waals surface area (Å²) in [5, 5.41) is 15.6. The molecule has 0 aliphatic carbocycles. The summed E-state index contributed by atoms with van der Waals surface area (Å²) < 4.78 is 10.3. The predicted octanol–water partition coefficient (Wildman–Crippen LogP) is 2.00. The van der Waals surface area contributed by atoms with E-state index in [1.165, 1.54) is 6.26 Å². The molecule has 0 saturated carbocycles. The van der Waals surface area contributed by atoms with Crippen molar-refractivity contribution in [3.8, 4) is 5.75 Å². The molecule has 1 unspecified atom stereocenters. The Labute approximate surface area is 129 Å². The minimum atomic E-state index is -1.25. The molecule has 1 heterocycles. The van der Waals surface area contributed by atoms with Crippen molar-refractivity contribution in [2.45, 2.75) is 19.1 Å². The molecule has 118 valence electrons.